The first-order valence-corrected chi connectivity index (χ1v) is 7.19. The topological polar surface area (TPSA) is 65.4 Å². The van der Waals surface area contributed by atoms with Gasteiger partial charge in [-0.15, -0.1) is 18.3 Å². The molecule has 9 heteroatoms. The van der Waals surface area contributed by atoms with Crippen molar-refractivity contribution in [3.8, 4) is 11.6 Å². The van der Waals surface area contributed by atoms with Crippen molar-refractivity contribution in [2.45, 2.75) is 26.8 Å². The zero-order valence-electron chi connectivity index (χ0n) is 13.1. The van der Waals surface area contributed by atoms with Gasteiger partial charge < -0.3 is 14.8 Å². The third kappa shape index (κ3) is 4.64. The molecule has 2 aromatic rings. The molecule has 1 N–H and O–H groups in total. The maximum Gasteiger partial charge on any atom is 0.573 e. The lowest BCUT2D eigenvalue weighted by Gasteiger charge is -2.10. The smallest absolute Gasteiger partial charge is 0.476 e. The minimum atomic E-state index is -4.76. The van der Waals surface area contributed by atoms with Crippen LogP contribution in [0.15, 0.2) is 30.5 Å². The Morgan fingerprint density at radius 1 is 1.25 bits per heavy atom. The normalized spacial score (nSPS) is 11.2. The van der Waals surface area contributed by atoms with E-state index in [1.54, 1.807) is 17.8 Å². The van der Waals surface area contributed by atoms with E-state index in [-0.39, 0.29) is 17.2 Å². The fourth-order valence-electron chi connectivity index (χ4n) is 1.90. The lowest BCUT2D eigenvalue weighted by atomic mass is 10.2. The molecule has 0 aliphatic rings. The molecule has 0 atom stereocenters. The van der Waals surface area contributed by atoms with Crippen molar-refractivity contribution in [2.24, 2.45) is 0 Å². The van der Waals surface area contributed by atoms with E-state index in [9.17, 15) is 18.0 Å². The van der Waals surface area contributed by atoms with Crippen LogP contribution in [0.2, 0.25) is 0 Å². The van der Waals surface area contributed by atoms with Crippen LogP contribution in [0.1, 0.15) is 24.2 Å². The molecule has 0 aliphatic heterocycles. The van der Waals surface area contributed by atoms with Crippen LogP contribution in [0.4, 0.5) is 18.9 Å². The molecule has 1 heterocycles. The van der Waals surface area contributed by atoms with E-state index in [2.05, 4.69) is 15.2 Å². The van der Waals surface area contributed by atoms with Crippen LogP contribution in [0, 0.1) is 0 Å². The van der Waals surface area contributed by atoms with Crippen LogP contribution in [-0.2, 0) is 6.54 Å². The number of hydrogen-bond acceptors (Lipinski definition) is 4. The zero-order valence-corrected chi connectivity index (χ0v) is 13.1. The molecule has 0 fully saturated rings. The molecule has 0 spiro atoms. The van der Waals surface area contributed by atoms with Crippen LogP contribution >= 0.6 is 0 Å². The summed E-state index contributed by atoms with van der Waals surface area (Å²) in [5, 5.41) is 6.70. The Morgan fingerprint density at radius 3 is 2.46 bits per heavy atom. The number of aryl methyl sites for hydroxylation is 1. The SMILES string of the molecule is CCOc1nn(CC)cc1C(=O)Nc1ccc(OC(F)(F)F)cc1. The van der Waals surface area contributed by atoms with Crippen molar-refractivity contribution in [1.82, 2.24) is 9.78 Å². The highest BCUT2D eigenvalue weighted by atomic mass is 19.4. The van der Waals surface area contributed by atoms with Crippen LogP contribution in [0.3, 0.4) is 0 Å². The zero-order chi connectivity index (χ0) is 17.7. The van der Waals surface area contributed by atoms with Gasteiger partial charge in [0.05, 0.1) is 6.61 Å². The van der Waals surface area contributed by atoms with Crippen LogP contribution in [-0.4, -0.2) is 28.7 Å². The Morgan fingerprint density at radius 2 is 1.92 bits per heavy atom. The number of halogens is 3. The first-order chi connectivity index (χ1) is 11.3. The molecular formula is C15H16F3N3O3. The lowest BCUT2D eigenvalue weighted by Crippen LogP contribution is -2.17. The molecule has 0 radical (unpaired) electrons. The van der Waals surface area contributed by atoms with Crippen molar-refractivity contribution in [1.29, 1.82) is 0 Å². The second kappa shape index (κ2) is 7.24. The molecule has 0 bridgehead atoms. The number of carbonyl (C=O) groups is 1. The van der Waals surface area contributed by atoms with Crippen molar-refractivity contribution in [3.05, 3.63) is 36.0 Å². The lowest BCUT2D eigenvalue weighted by molar-refractivity contribution is -0.274. The van der Waals surface area contributed by atoms with Gasteiger partial charge in [-0.25, -0.2) is 0 Å². The minimum absolute atomic E-state index is 0.203. The van der Waals surface area contributed by atoms with Crippen LogP contribution < -0.4 is 14.8 Å². The van der Waals surface area contributed by atoms with Crippen molar-refractivity contribution in [2.75, 3.05) is 11.9 Å². The van der Waals surface area contributed by atoms with E-state index in [1.807, 2.05) is 6.92 Å². The fraction of sp³-hybridized carbons (Fsp3) is 0.333. The second-order valence-electron chi connectivity index (χ2n) is 4.66. The summed E-state index contributed by atoms with van der Waals surface area (Å²) >= 11 is 0. The number of alkyl halides is 3. The Hall–Kier alpha value is -2.71. The average molecular weight is 343 g/mol. The second-order valence-corrected chi connectivity index (χ2v) is 4.66. The predicted molar refractivity (Wildman–Crippen MR) is 80.1 cm³/mol. The third-order valence-corrected chi connectivity index (χ3v) is 2.92. The van der Waals surface area contributed by atoms with Gasteiger partial charge in [-0.3, -0.25) is 9.48 Å². The Balaban J connectivity index is 2.10. The maximum absolute atomic E-state index is 12.3. The van der Waals surface area contributed by atoms with Crippen molar-refractivity contribution < 1.29 is 27.4 Å². The maximum atomic E-state index is 12.3. The Kier molecular flexibility index (Phi) is 5.32. The van der Waals surface area contributed by atoms with Crippen molar-refractivity contribution in [3.63, 3.8) is 0 Å². The monoisotopic (exact) mass is 343 g/mol. The van der Waals surface area contributed by atoms with Gasteiger partial charge in [0.1, 0.15) is 11.3 Å². The summed E-state index contributed by atoms with van der Waals surface area (Å²) in [6.45, 7) is 4.55. The number of rotatable bonds is 6. The highest BCUT2D eigenvalue weighted by molar-refractivity contribution is 6.05. The van der Waals surface area contributed by atoms with E-state index in [0.29, 0.717) is 18.8 Å². The first kappa shape index (κ1) is 17.6. The highest BCUT2D eigenvalue weighted by Gasteiger charge is 2.31. The van der Waals surface area contributed by atoms with Gasteiger partial charge >= 0.3 is 6.36 Å². The molecule has 0 unspecified atom stereocenters. The van der Waals surface area contributed by atoms with Crippen LogP contribution in [0.25, 0.3) is 0 Å². The summed E-state index contributed by atoms with van der Waals surface area (Å²) in [5.74, 6) is -0.633. The number of nitrogens with zero attached hydrogens (tertiary/aromatic N) is 2. The Bertz CT molecular complexity index is 696. The number of carbonyl (C=O) groups excluding carboxylic acids is 1. The minimum Gasteiger partial charge on any atom is -0.476 e. The van der Waals surface area contributed by atoms with Gasteiger partial charge in [-0.2, -0.15) is 0 Å². The summed E-state index contributed by atoms with van der Waals surface area (Å²) in [7, 11) is 0. The molecule has 130 valence electrons. The number of ether oxygens (including phenoxy) is 2. The summed E-state index contributed by atoms with van der Waals surface area (Å²) < 4.78 is 47.0. The molecule has 0 saturated carbocycles. The van der Waals surface area contributed by atoms with E-state index < -0.39 is 12.3 Å². The summed E-state index contributed by atoms with van der Waals surface area (Å²) in [6.07, 6.45) is -3.21. The number of amides is 1. The predicted octanol–water partition coefficient (Wildman–Crippen LogP) is 3.45. The average Bonchev–Trinajstić information content (AvgIpc) is 2.91. The van der Waals surface area contributed by atoms with E-state index in [4.69, 9.17) is 4.74 Å². The first-order valence-electron chi connectivity index (χ1n) is 7.19. The standard InChI is InChI=1S/C15H16F3N3O3/c1-3-21-9-12(14(20-21)23-4-2)13(22)19-10-5-7-11(8-6-10)24-15(16,17)18/h5-9H,3-4H2,1-2H3,(H,19,22). The van der Waals surface area contributed by atoms with Gasteiger partial charge in [-0.1, -0.05) is 0 Å². The molecule has 2 rings (SSSR count). The molecule has 1 aromatic heterocycles. The highest BCUT2D eigenvalue weighted by Crippen LogP contribution is 2.24. The summed E-state index contributed by atoms with van der Waals surface area (Å²) in [5.41, 5.74) is 0.565. The van der Waals surface area contributed by atoms with Gasteiger partial charge in [0, 0.05) is 18.4 Å². The number of anilines is 1. The fourth-order valence-corrected chi connectivity index (χ4v) is 1.90. The van der Waals surface area contributed by atoms with Gasteiger partial charge in [0.15, 0.2) is 0 Å². The molecule has 6 nitrogen and oxygen atoms in total. The molecular weight excluding hydrogens is 327 g/mol. The largest absolute Gasteiger partial charge is 0.573 e. The van der Waals surface area contributed by atoms with Gasteiger partial charge in [-0.05, 0) is 38.1 Å². The molecule has 24 heavy (non-hydrogen) atoms. The number of benzene rings is 1. The third-order valence-electron chi connectivity index (χ3n) is 2.92. The molecule has 0 saturated heterocycles. The molecule has 0 aliphatic carbocycles. The quantitative estimate of drug-likeness (QED) is 0.872. The molecule has 1 aromatic carbocycles. The molecule has 1 amide bonds. The van der Waals surface area contributed by atoms with E-state index >= 15 is 0 Å². The van der Waals surface area contributed by atoms with Gasteiger partial charge in [0.2, 0.25) is 5.88 Å². The number of nitrogens with one attached hydrogen (secondary N) is 1. The van der Waals surface area contributed by atoms with Crippen LogP contribution in [0.5, 0.6) is 11.6 Å². The number of hydrogen-bond donors (Lipinski definition) is 1. The van der Waals surface area contributed by atoms with Crippen molar-refractivity contribution >= 4 is 11.6 Å². The number of aromatic nitrogens is 2. The van der Waals surface area contributed by atoms with E-state index in [0.717, 1.165) is 12.1 Å². The van der Waals surface area contributed by atoms with E-state index in [1.165, 1.54) is 12.1 Å². The van der Waals surface area contributed by atoms with Gasteiger partial charge in [0.25, 0.3) is 5.91 Å². The summed E-state index contributed by atoms with van der Waals surface area (Å²) in [4.78, 5) is 12.3. The Labute approximate surface area is 136 Å². The summed E-state index contributed by atoms with van der Waals surface area (Å²) in [6, 6.07) is 4.84.